The molecular formula is C60H72BrIN10O8Si2. The number of amides is 2. The molecule has 8 aromatic rings. The van der Waals surface area contributed by atoms with Crippen LogP contribution < -0.4 is 11.1 Å². The van der Waals surface area contributed by atoms with Crippen molar-refractivity contribution in [3.05, 3.63) is 138 Å². The first-order valence-corrected chi connectivity index (χ1v) is 37.0. The van der Waals surface area contributed by atoms with Crippen LogP contribution in [0.2, 0.25) is 51.4 Å². The van der Waals surface area contributed by atoms with Crippen molar-refractivity contribution in [2.75, 3.05) is 26.3 Å². The fourth-order valence-electron chi connectivity index (χ4n) is 10.0. The number of carboxylic acid groups (broad SMARTS) is 1. The van der Waals surface area contributed by atoms with Crippen LogP contribution in [0.25, 0.3) is 67.1 Å². The lowest BCUT2D eigenvalue weighted by Crippen LogP contribution is -2.37. The van der Waals surface area contributed by atoms with E-state index in [1.807, 2.05) is 109 Å². The second-order valence-corrected chi connectivity index (χ2v) is 37.7. The van der Waals surface area contributed by atoms with Crippen LogP contribution in [0.4, 0.5) is 9.59 Å². The number of imidazole rings is 2. The Labute approximate surface area is 501 Å². The Bertz CT molecular complexity index is 3720. The van der Waals surface area contributed by atoms with Gasteiger partial charge in [0, 0.05) is 67.2 Å². The highest BCUT2D eigenvalue weighted by molar-refractivity contribution is 14.1. The van der Waals surface area contributed by atoms with Gasteiger partial charge in [-0.3, -0.25) is 19.4 Å². The predicted octanol–water partition coefficient (Wildman–Crippen LogP) is 13.8. The van der Waals surface area contributed by atoms with Gasteiger partial charge in [0.2, 0.25) is 0 Å². The molecule has 432 valence electrons. The maximum absolute atomic E-state index is 13.9. The van der Waals surface area contributed by atoms with Crippen LogP contribution in [0.1, 0.15) is 70.2 Å². The Morgan fingerprint density at radius 2 is 1.11 bits per heavy atom. The van der Waals surface area contributed by atoms with E-state index >= 15 is 0 Å². The molecule has 0 aliphatic carbocycles. The standard InChI is InChI=1S/C46H64N8O7Si2.C14H8BrIN2O/c1-46(2,3)61-45(58)52-21-11-13-37(52)42-48-28-39(54(42)30-60-23-25-63(7,8)9)33-18-19-35-34(26-33)43(55)50-40(49-35)32-16-14-31(15-17-32)38-27-47-41(36-12-10-20-51(36)44(56)57)53(38)29-59-22-24-62(4,5)6;15-9-3-6-12-11(7-9)14(19)18-13(17-12)8-1-4-10(16)5-2-8/h14-19,26-28,36-37H,10-13,20-25,29-30H2,1-9H3,(H,56,57)(H,49,50,55);1-7H,(H,17,18,19)/t36-,37-;/m0./s1. The number of ether oxygens (including phenoxy) is 3. The highest BCUT2D eigenvalue weighted by Gasteiger charge is 2.37. The lowest BCUT2D eigenvalue weighted by molar-refractivity contribution is 0.0204. The van der Waals surface area contributed by atoms with Gasteiger partial charge in [-0.05, 0) is 129 Å². The Kier molecular flexibility index (Phi) is 18.6. The Balaban J connectivity index is 0.000000357. The number of hydrogen-bond donors (Lipinski definition) is 3. The first-order valence-electron chi connectivity index (χ1n) is 27.8. The topological polar surface area (TPSA) is 216 Å². The molecular weight excluding hydrogens is 1250 g/mol. The first kappa shape index (κ1) is 60.3. The molecule has 2 atom stereocenters. The largest absolute Gasteiger partial charge is 0.465 e. The summed E-state index contributed by atoms with van der Waals surface area (Å²) in [6.45, 7) is 22.3. The number of aromatic nitrogens is 8. The van der Waals surface area contributed by atoms with Gasteiger partial charge in [-0.25, -0.2) is 29.5 Å². The maximum Gasteiger partial charge on any atom is 0.410 e. The maximum atomic E-state index is 13.9. The monoisotopic (exact) mass is 1320 g/mol. The van der Waals surface area contributed by atoms with Crippen molar-refractivity contribution >= 4 is 88.7 Å². The third kappa shape index (κ3) is 14.7. The molecule has 4 aromatic heterocycles. The van der Waals surface area contributed by atoms with E-state index in [-0.39, 0.29) is 42.8 Å². The number of fused-ring (bicyclic) bond motifs is 2. The lowest BCUT2D eigenvalue weighted by Gasteiger charge is -2.29. The highest BCUT2D eigenvalue weighted by atomic mass is 127. The number of carbonyl (C=O) groups excluding carboxylic acids is 1. The molecule has 4 aromatic carbocycles. The molecule has 18 nitrogen and oxygen atoms in total. The van der Waals surface area contributed by atoms with Crippen LogP contribution in [0.15, 0.2) is 111 Å². The SMILES string of the molecule is CC(C)(C)OC(=O)N1CCC[C@H]1c1ncc(-c2ccc3nc(-c4ccc(-c5cnc([C@@H]6CCCN6C(=O)O)n5COCC[Si](C)(C)C)cc4)[nH]c(=O)c3c2)n1COCC[Si](C)(C)C.O=c1[nH]c(-c2ccc(I)cc2)nc2ccc(Br)cc12. The number of halogens is 2. The molecule has 82 heavy (non-hydrogen) atoms. The van der Waals surface area contributed by atoms with Gasteiger partial charge >= 0.3 is 12.2 Å². The normalized spacial score (nSPS) is 15.8. The van der Waals surface area contributed by atoms with E-state index < -0.39 is 27.8 Å². The highest BCUT2D eigenvalue weighted by Crippen LogP contribution is 2.37. The number of likely N-dealkylation sites (tertiary alicyclic amines) is 2. The summed E-state index contributed by atoms with van der Waals surface area (Å²) in [6.07, 6.45) is 5.34. The molecule has 6 heterocycles. The summed E-state index contributed by atoms with van der Waals surface area (Å²) in [7, 11) is -2.66. The van der Waals surface area contributed by atoms with Gasteiger partial charge in [-0.2, -0.15) is 0 Å². The van der Waals surface area contributed by atoms with E-state index in [9.17, 15) is 24.3 Å². The summed E-state index contributed by atoms with van der Waals surface area (Å²) in [4.78, 5) is 79.5. The number of aromatic amines is 2. The van der Waals surface area contributed by atoms with Crippen LogP contribution in [0.5, 0.6) is 0 Å². The molecule has 2 aliphatic heterocycles. The van der Waals surface area contributed by atoms with E-state index in [1.54, 1.807) is 23.4 Å². The van der Waals surface area contributed by atoms with Crippen molar-refractivity contribution in [1.82, 2.24) is 48.8 Å². The van der Waals surface area contributed by atoms with Gasteiger partial charge in [0.05, 0.1) is 57.7 Å². The molecule has 0 saturated carbocycles. The Morgan fingerprint density at radius 1 is 0.659 bits per heavy atom. The molecule has 22 heteroatoms. The number of H-pyrrole nitrogens is 2. The number of nitrogens with one attached hydrogen (secondary N) is 2. The summed E-state index contributed by atoms with van der Waals surface area (Å²) < 4.78 is 24.3. The van der Waals surface area contributed by atoms with Crippen molar-refractivity contribution < 1.29 is 28.9 Å². The van der Waals surface area contributed by atoms with Gasteiger partial charge in [-0.15, -0.1) is 0 Å². The minimum atomic E-state index is -1.34. The van der Waals surface area contributed by atoms with Crippen LogP contribution in [-0.2, 0) is 27.7 Å². The molecule has 0 unspecified atom stereocenters. The molecule has 2 fully saturated rings. The summed E-state index contributed by atoms with van der Waals surface area (Å²) in [5.41, 5.74) is 5.12. The fourth-order valence-corrected chi connectivity index (χ4v) is 12.3. The van der Waals surface area contributed by atoms with E-state index in [4.69, 9.17) is 29.2 Å². The molecule has 10 rings (SSSR count). The van der Waals surface area contributed by atoms with Crippen LogP contribution in [0.3, 0.4) is 0 Å². The van der Waals surface area contributed by atoms with Crippen molar-refractivity contribution in [3.8, 4) is 45.3 Å². The predicted molar refractivity (Wildman–Crippen MR) is 338 cm³/mol. The molecule has 0 spiro atoms. The Hall–Kier alpha value is -6.32. The van der Waals surface area contributed by atoms with Crippen molar-refractivity contribution in [2.45, 2.75) is 129 Å². The molecule has 3 N–H and O–H groups in total. The zero-order valence-corrected chi connectivity index (χ0v) is 53.8. The number of rotatable bonds is 16. The van der Waals surface area contributed by atoms with Crippen molar-refractivity contribution in [2.24, 2.45) is 0 Å². The van der Waals surface area contributed by atoms with Gasteiger partial charge in [0.15, 0.2) is 0 Å². The third-order valence-electron chi connectivity index (χ3n) is 14.4. The number of carbonyl (C=O) groups is 2. The summed E-state index contributed by atoms with van der Waals surface area (Å²) in [5.74, 6) is 2.43. The lowest BCUT2D eigenvalue weighted by atomic mass is 10.1. The van der Waals surface area contributed by atoms with Crippen LogP contribution in [-0.4, -0.2) is 114 Å². The van der Waals surface area contributed by atoms with Crippen LogP contribution >= 0.6 is 38.5 Å². The first-order chi connectivity index (χ1) is 38.9. The summed E-state index contributed by atoms with van der Waals surface area (Å²) in [5, 5.41) is 10.9. The van der Waals surface area contributed by atoms with Gasteiger partial charge in [-0.1, -0.05) is 97.7 Å². The van der Waals surface area contributed by atoms with Gasteiger partial charge < -0.3 is 38.4 Å². The second kappa shape index (κ2) is 25.3. The van der Waals surface area contributed by atoms with Crippen LogP contribution in [0, 0.1) is 3.57 Å². The van der Waals surface area contributed by atoms with Crippen molar-refractivity contribution in [1.29, 1.82) is 0 Å². The number of hydrogen-bond acceptors (Lipinski definition) is 11. The minimum Gasteiger partial charge on any atom is -0.465 e. The third-order valence-corrected chi connectivity index (χ3v) is 19.0. The summed E-state index contributed by atoms with van der Waals surface area (Å²) in [6, 6.07) is 28.2. The summed E-state index contributed by atoms with van der Waals surface area (Å²) >= 11 is 5.60. The smallest absolute Gasteiger partial charge is 0.410 e. The zero-order valence-electron chi connectivity index (χ0n) is 48.0. The average Bonchev–Trinajstić information content (AvgIpc) is 4.27. The minimum absolute atomic E-state index is 0.125. The molecule has 2 amide bonds. The second-order valence-electron chi connectivity index (χ2n) is 24.3. The molecule has 0 bridgehead atoms. The van der Waals surface area contributed by atoms with E-state index in [2.05, 4.69) is 92.8 Å². The molecule has 2 aliphatic rings. The fraction of sp³-hybridized carbons (Fsp3) is 0.400. The number of benzene rings is 4. The Morgan fingerprint density at radius 3 is 1.62 bits per heavy atom. The zero-order chi connectivity index (χ0) is 58.7. The van der Waals surface area contributed by atoms with Gasteiger partial charge in [0.25, 0.3) is 11.1 Å². The van der Waals surface area contributed by atoms with E-state index in [0.29, 0.717) is 72.0 Å². The van der Waals surface area contributed by atoms with Gasteiger partial charge in [0.1, 0.15) is 42.4 Å². The van der Waals surface area contributed by atoms with E-state index in [1.165, 1.54) is 4.90 Å². The molecule has 2 saturated heterocycles. The van der Waals surface area contributed by atoms with Crippen molar-refractivity contribution in [3.63, 3.8) is 0 Å². The quantitative estimate of drug-likeness (QED) is 0.0468. The number of nitrogens with zero attached hydrogens (tertiary/aromatic N) is 8. The average molecular weight is 1320 g/mol. The van der Waals surface area contributed by atoms with E-state index in [0.717, 1.165) is 78.9 Å². The molecule has 0 radical (unpaired) electrons.